The van der Waals surface area contributed by atoms with E-state index in [2.05, 4.69) is 14.9 Å². The van der Waals surface area contributed by atoms with Gasteiger partial charge in [0.05, 0.1) is 6.10 Å². The molecule has 1 aliphatic heterocycles. The van der Waals surface area contributed by atoms with Crippen LogP contribution in [0.4, 0.5) is 0 Å². The van der Waals surface area contributed by atoms with Gasteiger partial charge in [-0.3, -0.25) is 4.90 Å². The average Bonchev–Trinajstić information content (AvgIpc) is 2.19. The van der Waals surface area contributed by atoms with Gasteiger partial charge >= 0.3 is 0 Å². The Labute approximate surface area is 84.3 Å². The second-order valence-electron chi connectivity index (χ2n) is 3.79. The minimum atomic E-state index is -0.290. The van der Waals surface area contributed by atoms with Gasteiger partial charge in [-0.25, -0.2) is 0 Å². The maximum atomic E-state index is 9.56. The van der Waals surface area contributed by atoms with Crippen molar-refractivity contribution >= 4 is 0 Å². The van der Waals surface area contributed by atoms with Crippen molar-refractivity contribution in [1.82, 2.24) is 4.90 Å². The normalized spacial score (nSPS) is 25.4. The van der Waals surface area contributed by atoms with Crippen molar-refractivity contribution in [1.29, 1.82) is 0 Å². The van der Waals surface area contributed by atoms with E-state index >= 15 is 0 Å². The summed E-state index contributed by atoms with van der Waals surface area (Å²) in [5, 5.41) is 13.1. The quantitative estimate of drug-likeness (QED) is 0.422. The molecule has 1 saturated heterocycles. The molecule has 0 amide bonds. The van der Waals surface area contributed by atoms with Gasteiger partial charge in [-0.15, -0.1) is 0 Å². The van der Waals surface area contributed by atoms with Crippen LogP contribution in [0.25, 0.3) is 10.4 Å². The fourth-order valence-electron chi connectivity index (χ4n) is 2.06. The summed E-state index contributed by atoms with van der Waals surface area (Å²) in [6.07, 6.45) is 3.13. The summed E-state index contributed by atoms with van der Waals surface area (Å²) in [6, 6.07) is 0.248. The predicted molar refractivity (Wildman–Crippen MR) is 54.9 cm³/mol. The summed E-state index contributed by atoms with van der Waals surface area (Å²) < 4.78 is 0. The van der Waals surface area contributed by atoms with E-state index in [-0.39, 0.29) is 12.1 Å². The highest BCUT2D eigenvalue weighted by molar-refractivity contribution is 4.81. The molecule has 0 radical (unpaired) electrons. The Morgan fingerprint density at radius 3 is 3.07 bits per heavy atom. The lowest BCUT2D eigenvalue weighted by atomic mass is 9.98. The van der Waals surface area contributed by atoms with Crippen molar-refractivity contribution in [2.45, 2.75) is 38.3 Å². The highest BCUT2D eigenvalue weighted by Crippen LogP contribution is 2.19. The first kappa shape index (κ1) is 11.3. The van der Waals surface area contributed by atoms with Crippen LogP contribution >= 0.6 is 0 Å². The van der Waals surface area contributed by atoms with Crippen LogP contribution in [0, 0.1) is 0 Å². The van der Waals surface area contributed by atoms with Gasteiger partial charge in [0.1, 0.15) is 0 Å². The Morgan fingerprint density at radius 2 is 2.43 bits per heavy atom. The fourth-order valence-corrected chi connectivity index (χ4v) is 2.06. The molecule has 0 aliphatic carbocycles. The molecule has 5 nitrogen and oxygen atoms in total. The first-order valence-electron chi connectivity index (χ1n) is 5.18. The minimum absolute atomic E-state index is 0.248. The van der Waals surface area contributed by atoms with E-state index < -0.39 is 0 Å². The lowest BCUT2D eigenvalue weighted by Crippen LogP contribution is -2.46. The van der Waals surface area contributed by atoms with Gasteiger partial charge in [-0.1, -0.05) is 11.5 Å². The first-order valence-corrected chi connectivity index (χ1v) is 5.18. The third-order valence-electron chi connectivity index (χ3n) is 2.77. The molecule has 1 rings (SSSR count). The van der Waals surface area contributed by atoms with Crippen LogP contribution in [-0.4, -0.2) is 41.8 Å². The van der Waals surface area contributed by atoms with E-state index in [0.717, 1.165) is 19.5 Å². The molecule has 1 fully saturated rings. The molecule has 80 valence electrons. The zero-order valence-corrected chi connectivity index (χ0v) is 8.63. The van der Waals surface area contributed by atoms with Crippen molar-refractivity contribution in [2.75, 3.05) is 19.6 Å². The summed E-state index contributed by atoms with van der Waals surface area (Å²) in [5.74, 6) is 0. The molecule has 0 aromatic rings. The van der Waals surface area contributed by atoms with E-state index in [0.29, 0.717) is 6.54 Å². The number of piperidine rings is 1. The number of rotatable bonds is 4. The molecular formula is C9H18N4O. The number of likely N-dealkylation sites (tertiary alicyclic amines) is 1. The SMILES string of the molecule is C[C@H](O)[C@@H]1CCCCN1CCN=[N+]=[N-]. The Kier molecular flexibility index (Phi) is 4.73. The number of azide groups is 1. The Bertz CT molecular complexity index is 213. The molecule has 5 heteroatoms. The van der Waals surface area contributed by atoms with Gasteiger partial charge in [0.2, 0.25) is 0 Å². The highest BCUT2D eigenvalue weighted by atomic mass is 16.3. The maximum absolute atomic E-state index is 9.56. The Balaban J connectivity index is 2.41. The topological polar surface area (TPSA) is 72.2 Å². The van der Waals surface area contributed by atoms with Gasteiger partial charge in [-0.2, -0.15) is 0 Å². The lowest BCUT2D eigenvalue weighted by Gasteiger charge is -2.37. The zero-order chi connectivity index (χ0) is 10.4. The zero-order valence-electron chi connectivity index (χ0n) is 8.63. The molecule has 1 heterocycles. The van der Waals surface area contributed by atoms with Gasteiger partial charge in [0.15, 0.2) is 0 Å². The number of hydrogen-bond acceptors (Lipinski definition) is 3. The van der Waals surface area contributed by atoms with Gasteiger partial charge < -0.3 is 5.11 Å². The second kappa shape index (κ2) is 5.86. The molecule has 14 heavy (non-hydrogen) atoms. The predicted octanol–water partition coefficient (Wildman–Crippen LogP) is 1.53. The van der Waals surface area contributed by atoms with Crippen molar-refractivity contribution in [3.05, 3.63) is 10.4 Å². The molecule has 0 bridgehead atoms. The fraction of sp³-hybridized carbons (Fsp3) is 1.00. The third kappa shape index (κ3) is 3.18. The van der Waals surface area contributed by atoms with E-state index in [1.165, 1.54) is 12.8 Å². The minimum Gasteiger partial charge on any atom is -0.392 e. The maximum Gasteiger partial charge on any atom is 0.0667 e. The molecule has 0 spiro atoms. The van der Waals surface area contributed by atoms with Crippen LogP contribution in [-0.2, 0) is 0 Å². The number of aliphatic hydroxyl groups is 1. The largest absolute Gasteiger partial charge is 0.392 e. The molecule has 0 unspecified atom stereocenters. The monoisotopic (exact) mass is 198 g/mol. The summed E-state index contributed by atoms with van der Waals surface area (Å²) in [5.41, 5.74) is 8.16. The number of nitrogens with zero attached hydrogens (tertiary/aromatic N) is 4. The molecule has 0 aromatic heterocycles. The lowest BCUT2D eigenvalue weighted by molar-refractivity contribution is 0.0385. The summed E-state index contributed by atoms with van der Waals surface area (Å²) >= 11 is 0. The molecule has 2 atom stereocenters. The van der Waals surface area contributed by atoms with Crippen LogP contribution in [0.5, 0.6) is 0 Å². The van der Waals surface area contributed by atoms with Crippen LogP contribution in [0.1, 0.15) is 26.2 Å². The third-order valence-corrected chi connectivity index (χ3v) is 2.77. The smallest absolute Gasteiger partial charge is 0.0667 e. The van der Waals surface area contributed by atoms with E-state index in [4.69, 9.17) is 5.53 Å². The van der Waals surface area contributed by atoms with Crippen molar-refractivity contribution in [3.8, 4) is 0 Å². The van der Waals surface area contributed by atoms with Crippen molar-refractivity contribution in [3.63, 3.8) is 0 Å². The Hall–Kier alpha value is -0.770. The average molecular weight is 198 g/mol. The van der Waals surface area contributed by atoms with E-state index in [1.807, 2.05) is 6.92 Å². The van der Waals surface area contributed by atoms with E-state index in [1.54, 1.807) is 0 Å². The highest BCUT2D eigenvalue weighted by Gasteiger charge is 2.25. The second-order valence-corrected chi connectivity index (χ2v) is 3.79. The van der Waals surface area contributed by atoms with Crippen LogP contribution < -0.4 is 0 Å². The number of hydrogen-bond donors (Lipinski definition) is 1. The Morgan fingerprint density at radius 1 is 1.64 bits per heavy atom. The van der Waals surface area contributed by atoms with E-state index in [9.17, 15) is 5.11 Å². The van der Waals surface area contributed by atoms with Gasteiger partial charge in [0.25, 0.3) is 0 Å². The van der Waals surface area contributed by atoms with Gasteiger partial charge in [0, 0.05) is 24.0 Å². The molecular weight excluding hydrogens is 180 g/mol. The first-order chi connectivity index (χ1) is 6.75. The van der Waals surface area contributed by atoms with Crippen molar-refractivity contribution in [2.24, 2.45) is 5.11 Å². The van der Waals surface area contributed by atoms with Crippen LogP contribution in [0.2, 0.25) is 0 Å². The summed E-state index contributed by atoms with van der Waals surface area (Å²) in [7, 11) is 0. The number of aliphatic hydroxyl groups excluding tert-OH is 1. The van der Waals surface area contributed by atoms with Crippen molar-refractivity contribution < 1.29 is 5.11 Å². The standard InChI is InChI=1S/C9H18N4O/c1-8(14)9-4-2-3-6-13(9)7-5-11-12-10/h8-9,14H,2-7H2,1H3/t8-,9-/m0/s1. The molecule has 0 aromatic carbocycles. The summed E-state index contributed by atoms with van der Waals surface area (Å²) in [6.45, 7) is 4.10. The van der Waals surface area contributed by atoms with Crippen LogP contribution in [0.15, 0.2) is 5.11 Å². The molecule has 1 aliphatic rings. The van der Waals surface area contributed by atoms with Crippen LogP contribution in [0.3, 0.4) is 0 Å². The molecule has 0 saturated carbocycles. The summed E-state index contributed by atoms with van der Waals surface area (Å²) in [4.78, 5) is 4.95. The van der Waals surface area contributed by atoms with Gasteiger partial charge in [-0.05, 0) is 31.8 Å². The molecule has 1 N–H and O–H groups in total.